The largest absolute Gasteiger partial charge is 0.322 e. The van der Waals surface area contributed by atoms with E-state index in [4.69, 9.17) is 0 Å². The summed E-state index contributed by atoms with van der Waals surface area (Å²) in [5.41, 5.74) is 3.56. The van der Waals surface area contributed by atoms with Crippen LogP contribution in [0.1, 0.15) is 21.7 Å². The Kier molecular flexibility index (Phi) is 4.60. The molecule has 0 aliphatic carbocycles. The number of nitrogens with one attached hydrogen (secondary N) is 1. The molecule has 0 atom stereocenters. The normalized spacial score (nSPS) is 11.1. The van der Waals surface area contributed by atoms with Crippen LogP contribution in [-0.2, 0) is 14.1 Å². The average molecular weight is 393 g/mol. The van der Waals surface area contributed by atoms with E-state index >= 15 is 0 Å². The van der Waals surface area contributed by atoms with E-state index in [2.05, 4.69) is 25.6 Å². The van der Waals surface area contributed by atoms with Crippen molar-refractivity contribution >= 4 is 34.4 Å². The number of fused-ring (bicyclic) bond motifs is 1. The van der Waals surface area contributed by atoms with E-state index in [0.717, 1.165) is 32.5 Å². The van der Waals surface area contributed by atoms with Crippen molar-refractivity contribution in [2.24, 2.45) is 14.1 Å². The van der Waals surface area contributed by atoms with Gasteiger partial charge in [-0.25, -0.2) is 4.98 Å². The summed E-state index contributed by atoms with van der Waals surface area (Å²) in [5.74, 6) is -0.180. The van der Waals surface area contributed by atoms with Crippen LogP contribution in [0.4, 0.5) is 5.69 Å². The molecule has 3 heterocycles. The number of rotatable bonds is 4. The quantitative estimate of drug-likeness (QED) is 0.573. The molecule has 0 radical (unpaired) electrons. The van der Waals surface area contributed by atoms with E-state index < -0.39 is 0 Å². The third kappa shape index (κ3) is 3.36. The van der Waals surface area contributed by atoms with E-state index in [-0.39, 0.29) is 5.91 Å². The zero-order chi connectivity index (χ0) is 19.8. The average Bonchev–Trinajstić information content (AvgIpc) is 3.19. The molecule has 28 heavy (non-hydrogen) atoms. The Hall–Kier alpha value is -3.20. The minimum absolute atomic E-state index is 0.180. The number of nitrogens with zero attached hydrogens (tertiary/aromatic N) is 6. The lowest BCUT2D eigenvalue weighted by atomic mass is 10.1. The summed E-state index contributed by atoms with van der Waals surface area (Å²) in [7, 11) is 3.73. The number of aromatic nitrogens is 6. The molecule has 0 aliphatic heterocycles. The summed E-state index contributed by atoms with van der Waals surface area (Å²) in [6, 6.07) is 9.43. The molecule has 4 rings (SSSR count). The molecule has 8 nitrogen and oxygen atoms in total. The van der Waals surface area contributed by atoms with Crippen LogP contribution in [0.15, 0.2) is 46.7 Å². The lowest BCUT2D eigenvalue weighted by Crippen LogP contribution is -2.13. The molecule has 0 bridgehead atoms. The van der Waals surface area contributed by atoms with E-state index in [0.29, 0.717) is 11.2 Å². The number of anilines is 1. The van der Waals surface area contributed by atoms with Crippen molar-refractivity contribution in [1.82, 2.24) is 29.5 Å². The van der Waals surface area contributed by atoms with Crippen molar-refractivity contribution in [3.8, 4) is 0 Å². The number of pyridine rings is 1. The SMILES string of the molecule is Cc1cc(C(=O)Nc2ccc(Sc3nncn3C)cc2)c2c(C)nn(C)c2n1. The van der Waals surface area contributed by atoms with Gasteiger partial charge in [0.25, 0.3) is 5.91 Å². The third-order valence-corrected chi connectivity index (χ3v) is 5.39. The molecule has 0 unspecified atom stereocenters. The fourth-order valence-electron chi connectivity index (χ4n) is 3.02. The van der Waals surface area contributed by atoms with Gasteiger partial charge in [-0.2, -0.15) is 5.10 Å². The summed E-state index contributed by atoms with van der Waals surface area (Å²) in [6.45, 7) is 3.76. The molecule has 142 valence electrons. The minimum atomic E-state index is -0.180. The molecule has 1 aromatic carbocycles. The number of carbonyl (C=O) groups is 1. The fourth-order valence-corrected chi connectivity index (χ4v) is 3.79. The van der Waals surface area contributed by atoms with Gasteiger partial charge in [0.1, 0.15) is 6.33 Å². The first kappa shape index (κ1) is 18.2. The number of carbonyl (C=O) groups excluding carboxylic acids is 1. The first-order valence-electron chi connectivity index (χ1n) is 8.66. The molecule has 3 aromatic heterocycles. The maximum atomic E-state index is 12.9. The van der Waals surface area contributed by atoms with Gasteiger partial charge in [0, 0.05) is 30.4 Å². The lowest BCUT2D eigenvalue weighted by Gasteiger charge is -2.08. The molecule has 0 fully saturated rings. The molecule has 0 saturated heterocycles. The highest BCUT2D eigenvalue weighted by atomic mass is 32.2. The van der Waals surface area contributed by atoms with Crippen molar-refractivity contribution < 1.29 is 4.79 Å². The topological polar surface area (TPSA) is 90.5 Å². The van der Waals surface area contributed by atoms with Gasteiger partial charge in [-0.15, -0.1) is 10.2 Å². The molecular formula is C19H19N7OS. The molecule has 0 aliphatic rings. The molecule has 9 heteroatoms. The molecule has 0 saturated carbocycles. The highest BCUT2D eigenvalue weighted by Crippen LogP contribution is 2.27. The van der Waals surface area contributed by atoms with Gasteiger partial charge in [-0.1, -0.05) is 0 Å². The van der Waals surface area contributed by atoms with Gasteiger partial charge in [-0.3, -0.25) is 9.48 Å². The maximum Gasteiger partial charge on any atom is 0.256 e. The third-order valence-electron chi connectivity index (χ3n) is 4.33. The molecule has 4 aromatic rings. The second-order valence-electron chi connectivity index (χ2n) is 6.52. The molecule has 0 spiro atoms. The smallest absolute Gasteiger partial charge is 0.256 e. The first-order valence-corrected chi connectivity index (χ1v) is 9.48. The number of hydrogen-bond acceptors (Lipinski definition) is 6. The molecular weight excluding hydrogens is 374 g/mol. The van der Waals surface area contributed by atoms with E-state index in [9.17, 15) is 4.79 Å². The second-order valence-corrected chi connectivity index (χ2v) is 7.56. The zero-order valence-corrected chi connectivity index (χ0v) is 16.8. The first-order chi connectivity index (χ1) is 13.4. The Morgan fingerprint density at radius 2 is 1.89 bits per heavy atom. The monoisotopic (exact) mass is 393 g/mol. The van der Waals surface area contributed by atoms with Gasteiger partial charge in [0.15, 0.2) is 10.8 Å². The van der Waals surface area contributed by atoms with Gasteiger partial charge >= 0.3 is 0 Å². The summed E-state index contributed by atoms with van der Waals surface area (Å²) in [6.07, 6.45) is 1.66. The van der Waals surface area contributed by atoms with Gasteiger partial charge in [0.2, 0.25) is 0 Å². The van der Waals surface area contributed by atoms with Crippen molar-refractivity contribution in [2.75, 3.05) is 5.32 Å². The summed E-state index contributed by atoms with van der Waals surface area (Å²) < 4.78 is 3.56. The Labute approximate surface area is 166 Å². The van der Waals surface area contributed by atoms with Crippen LogP contribution in [0.3, 0.4) is 0 Å². The Morgan fingerprint density at radius 3 is 2.57 bits per heavy atom. The van der Waals surface area contributed by atoms with Gasteiger partial charge in [0.05, 0.1) is 16.6 Å². The van der Waals surface area contributed by atoms with Crippen LogP contribution in [0.2, 0.25) is 0 Å². The van der Waals surface area contributed by atoms with Crippen LogP contribution in [0.25, 0.3) is 11.0 Å². The van der Waals surface area contributed by atoms with Crippen molar-refractivity contribution in [3.63, 3.8) is 0 Å². The predicted molar refractivity (Wildman–Crippen MR) is 108 cm³/mol. The number of aryl methyl sites for hydroxylation is 4. The van der Waals surface area contributed by atoms with Gasteiger partial charge < -0.3 is 9.88 Å². The Morgan fingerprint density at radius 1 is 1.14 bits per heavy atom. The minimum Gasteiger partial charge on any atom is -0.322 e. The number of hydrogen-bond donors (Lipinski definition) is 1. The summed E-state index contributed by atoms with van der Waals surface area (Å²) in [5, 5.41) is 16.9. The standard InChI is InChI=1S/C19H19N7OS/c1-11-9-15(16-12(2)24-26(4)17(16)21-11)18(27)22-13-5-7-14(8-6-13)28-19-23-20-10-25(19)3/h5-10H,1-4H3,(H,22,27). The zero-order valence-electron chi connectivity index (χ0n) is 16.0. The highest BCUT2D eigenvalue weighted by Gasteiger charge is 2.18. The fraction of sp³-hybridized carbons (Fsp3) is 0.211. The second kappa shape index (κ2) is 7.08. The van der Waals surface area contributed by atoms with E-state index in [1.54, 1.807) is 17.1 Å². The predicted octanol–water partition coefficient (Wildman–Crippen LogP) is 3.12. The lowest BCUT2D eigenvalue weighted by molar-refractivity contribution is 0.102. The highest BCUT2D eigenvalue weighted by molar-refractivity contribution is 7.99. The molecule has 1 N–H and O–H groups in total. The van der Waals surface area contributed by atoms with Crippen LogP contribution in [-0.4, -0.2) is 35.4 Å². The maximum absolute atomic E-state index is 12.9. The van der Waals surface area contributed by atoms with Gasteiger partial charge in [-0.05, 0) is 55.9 Å². The van der Waals surface area contributed by atoms with Crippen LogP contribution in [0, 0.1) is 13.8 Å². The Balaban J connectivity index is 1.57. The van der Waals surface area contributed by atoms with Crippen LogP contribution < -0.4 is 5.32 Å². The summed E-state index contributed by atoms with van der Waals surface area (Å²) in [4.78, 5) is 18.4. The summed E-state index contributed by atoms with van der Waals surface area (Å²) >= 11 is 1.51. The van der Waals surface area contributed by atoms with Crippen molar-refractivity contribution in [1.29, 1.82) is 0 Å². The number of benzene rings is 1. The number of amides is 1. The van der Waals surface area contributed by atoms with Crippen molar-refractivity contribution in [3.05, 3.63) is 53.6 Å². The Bertz CT molecular complexity index is 1180. The van der Waals surface area contributed by atoms with E-state index in [1.165, 1.54) is 11.8 Å². The van der Waals surface area contributed by atoms with E-state index in [1.807, 2.05) is 56.8 Å². The molecule has 1 amide bonds. The van der Waals surface area contributed by atoms with Crippen molar-refractivity contribution in [2.45, 2.75) is 23.9 Å². The van der Waals surface area contributed by atoms with Crippen LogP contribution in [0.5, 0.6) is 0 Å². The van der Waals surface area contributed by atoms with Crippen LogP contribution >= 0.6 is 11.8 Å².